The Morgan fingerprint density at radius 2 is 1.63 bits per heavy atom. The molecule has 9 heteroatoms. The van der Waals surface area contributed by atoms with Crippen molar-refractivity contribution in [2.24, 2.45) is 28.6 Å². The van der Waals surface area contributed by atoms with Gasteiger partial charge in [-0.25, -0.2) is 21.6 Å². The zero-order valence-electron chi connectivity index (χ0n) is 20.9. The van der Waals surface area contributed by atoms with Crippen LogP contribution in [0.5, 0.6) is 0 Å². The van der Waals surface area contributed by atoms with E-state index in [0.717, 1.165) is 44.8 Å². The van der Waals surface area contributed by atoms with Crippen LogP contribution in [0.4, 0.5) is 0 Å². The van der Waals surface area contributed by atoms with Crippen molar-refractivity contribution in [1.29, 1.82) is 0 Å². The van der Waals surface area contributed by atoms with Gasteiger partial charge in [-0.3, -0.25) is 4.79 Å². The van der Waals surface area contributed by atoms with Crippen molar-refractivity contribution in [2.75, 3.05) is 13.3 Å². The van der Waals surface area contributed by atoms with Crippen LogP contribution in [0.1, 0.15) is 52.4 Å². The Bertz CT molecular complexity index is 1290. The molecule has 35 heavy (non-hydrogen) atoms. The van der Waals surface area contributed by atoms with Gasteiger partial charge in [0.2, 0.25) is 15.9 Å². The Morgan fingerprint density at radius 3 is 2.31 bits per heavy atom. The van der Waals surface area contributed by atoms with Gasteiger partial charge in [0.05, 0.1) is 4.90 Å². The van der Waals surface area contributed by atoms with Crippen molar-refractivity contribution in [3.8, 4) is 0 Å². The minimum atomic E-state index is -4.00. The van der Waals surface area contributed by atoms with E-state index in [1.54, 1.807) is 18.2 Å². The van der Waals surface area contributed by atoms with Crippen LogP contribution in [0, 0.1) is 28.6 Å². The van der Waals surface area contributed by atoms with E-state index >= 15 is 0 Å². The number of hydrogen-bond donors (Lipinski definition) is 1. The maximum absolute atomic E-state index is 13.4. The van der Waals surface area contributed by atoms with Crippen LogP contribution < -0.4 is 4.72 Å². The van der Waals surface area contributed by atoms with Crippen LogP contribution in [0.2, 0.25) is 0 Å². The second-order valence-corrected chi connectivity index (χ2v) is 15.3. The number of sulfone groups is 1. The van der Waals surface area contributed by atoms with E-state index < -0.39 is 19.9 Å². The number of carbonyl (C=O) groups excluding carboxylic acids is 1. The van der Waals surface area contributed by atoms with E-state index in [-0.39, 0.29) is 38.6 Å². The molecule has 4 aliphatic rings. The van der Waals surface area contributed by atoms with Gasteiger partial charge in [0.1, 0.15) is 4.90 Å². The van der Waals surface area contributed by atoms with Crippen LogP contribution in [0.3, 0.4) is 0 Å². The summed E-state index contributed by atoms with van der Waals surface area (Å²) in [5.74, 6) is 1.43. The third kappa shape index (κ3) is 3.80. The van der Waals surface area contributed by atoms with Gasteiger partial charge in [-0.05, 0) is 79.9 Å². The smallest absolute Gasteiger partial charge is 0.246 e. The van der Waals surface area contributed by atoms with Gasteiger partial charge >= 0.3 is 0 Å². The second-order valence-electron chi connectivity index (χ2n) is 11.6. The summed E-state index contributed by atoms with van der Waals surface area (Å²) in [5.41, 5.74) is -0.240. The van der Waals surface area contributed by atoms with Gasteiger partial charge in [0.25, 0.3) is 0 Å². The molecule has 1 aromatic carbocycles. The standard InChI is InChI=1S/C26H36N2O5S2/c1-25-15-13-19-17(9-12-23-26(19,2)16-14-24(29)28(23)3)18(25)10-11-22(25)27-35(32,33)21-8-6-5-7-20(21)34(4,30)31/h5-8,14,16-19,22-23,27H,9-13,15H2,1-4H3/t17-,18-,19-,22-,23+,25-,26+/m0/s1. The highest BCUT2D eigenvalue weighted by atomic mass is 32.2. The first-order valence-corrected chi connectivity index (χ1v) is 15.9. The molecular weight excluding hydrogens is 484 g/mol. The van der Waals surface area contributed by atoms with Gasteiger partial charge < -0.3 is 4.90 Å². The maximum atomic E-state index is 13.4. The number of amides is 1. The zero-order chi connectivity index (χ0) is 25.4. The van der Waals surface area contributed by atoms with E-state index in [1.807, 2.05) is 11.9 Å². The molecule has 7 atom stereocenters. The van der Waals surface area contributed by atoms with E-state index in [0.29, 0.717) is 17.8 Å². The van der Waals surface area contributed by atoms with Gasteiger partial charge in [0.15, 0.2) is 9.84 Å². The normalized spacial score (nSPS) is 39.1. The molecule has 0 radical (unpaired) electrons. The molecule has 3 fully saturated rings. The number of sulfonamides is 1. The highest BCUT2D eigenvalue weighted by molar-refractivity contribution is 7.93. The summed E-state index contributed by atoms with van der Waals surface area (Å²) >= 11 is 0. The van der Waals surface area contributed by atoms with Crippen molar-refractivity contribution in [3.63, 3.8) is 0 Å². The Kier molecular flexibility index (Phi) is 5.81. The first-order chi connectivity index (χ1) is 16.3. The molecule has 0 saturated heterocycles. The third-order valence-corrected chi connectivity index (χ3v) is 12.8. The Morgan fingerprint density at radius 1 is 0.943 bits per heavy atom. The lowest BCUT2D eigenvalue weighted by Gasteiger charge is -2.60. The lowest BCUT2D eigenvalue weighted by molar-refractivity contribution is -0.138. The number of likely N-dealkylation sites (N-methyl/N-ethyl adjacent to an activating group) is 1. The van der Waals surface area contributed by atoms with Gasteiger partial charge in [-0.1, -0.05) is 32.1 Å². The molecule has 5 rings (SSSR count). The number of nitrogens with zero attached hydrogens (tertiary/aromatic N) is 1. The molecular formula is C26H36N2O5S2. The fourth-order valence-electron chi connectivity index (χ4n) is 8.16. The van der Waals surface area contributed by atoms with Crippen molar-refractivity contribution in [2.45, 2.75) is 74.2 Å². The number of benzene rings is 1. The molecule has 192 valence electrons. The lowest BCUT2D eigenvalue weighted by atomic mass is 9.48. The number of rotatable bonds is 4. The molecule has 7 nitrogen and oxygen atoms in total. The number of fused-ring (bicyclic) bond motifs is 5. The Labute approximate surface area is 209 Å². The molecule has 1 aliphatic heterocycles. The summed E-state index contributed by atoms with van der Waals surface area (Å²) in [6, 6.07) is 5.82. The van der Waals surface area contributed by atoms with Crippen molar-refractivity contribution in [3.05, 3.63) is 36.4 Å². The molecule has 1 N–H and O–H groups in total. The summed E-state index contributed by atoms with van der Waals surface area (Å²) < 4.78 is 54.3. The number of hydrogen-bond acceptors (Lipinski definition) is 5. The van der Waals surface area contributed by atoms with E-state index in [2.05, 4.69) is 24.6 Å². The average Bonchev–Trinajstić information content (AvgIpc) is 3.12. The van der Waals surface area contributed by atoms with Crippen molar-refractivity contribution in [1.82, 2.24) is 9.62 Å². The topological polar surface area (TPSA) is 101 Å². The van der Waals surface area contributed by atoms with Crippen LogP contribution in [-0.2, 0) is 24.7 Å². The second kappa shape index (κ2) is 8.15. The molecule has 1 amide bonds. The Hall–Kier alpha value is -1.71. The fraction of sp³-hybridized carbons (Fsp3) is 0.654. The van der Waals surface area contributed by atoms with Crippen molar-refractivity contribution >= 4 is 25.8 Å². The minimum absolute atomic E-state index is 0.0566. The lowest BCUT2D eigenvalue weighted by Crippen LogP contribution is -2.60. The van der Waals surface area contributed by atoms with Gasteiger partial charge in [-0.15, -0.1) is 0 Å². The molecule has 1 aromatic rings. The predicted octanol–water partition coefficient (Wildman–Crippen LogP) is 3.38. The highest BCUT2D eigenvalue weighted by Gasteiger charge is 2.60. The number of carbonyl (C=O) groups is 1. The molecule has 0 spiro atoms. The Balaban J connectivity index is 1.42. The van der Waals surface area contributed by atoms with E-state index in [1.165, 1.54) is 12.1 Å². The summed E-state index contributed by atoms with van der Waals surface area (Å²) in [7, 11) is -5.78. The largest absolute Gasteiger partial charge is 0.338 e. The summed E-state index contributed by atoms with van der Waals surface area (Å²) in [4.78, 5) is 13.9. The van der Waals surface area contributed by atoms with Crippen molar-refractivity contribution < 1.29 is 21.6 Å². The minimum Gasteiger partial charge on any atom is -0.338 e. The third-order valence-electron chi connectivity index (χ3n) is 9.96. The average molecular weight is 521 g/mol. The quantitative estimate of drug-likeness (QED) is 0.656. The number of nitrogens with one attached hydrogen (secondary N) is 1. The summed E-state index contributed by atoms with van der Waals surface area (Å²) in [5, 5.41) is 0. The first-order valence-electron chi connectivity index (χ1n) is 12.6. The SMILES string of the molecule is CN1C(=O)C=C[C@]2(C)[C@H]3CC[C@]4(C)[C@@H](NS(=O)(=O)c5ccccc5S(C)(=O)=O)CC[C@H]4[C@@H]3CC[C@@H]12. The van der Waals surface area contributed by atoms with Crippen LogP contribution in [0.15, 0.2) is 46.2 Å². The van der Waals surface area contributed by atoms with E-state index in [4.69, 9.17) is 0 Å². The monoisotopic (exact) mass is 520 g/mol. The van der Waals surface area contributed by atoms with Gasteiger partial charge in [-0.2, -0.15) is 0 Å². The molecule has 3 aliphatic carbocycles. The molecule has 3 saturated carbocycles. The molecule has 0 aromatic heterocycles. The van der Waals surface area contributed by atoms with Crippen LogP contribution >= 0.6 is 0 Å². The summed E-state index contributed by atoms with van der Waals surface area (Å²) in [6.07, 6.45) is 10.5. The van der Waals surface area contributed by atoms with Crippen LogP contribution in [-0.4, -0.2) is 53.0 Å². The molecule has 0 bridgehead atoms. The molecule has 0 unspecified atom stereocenters. The highest BCUT2D eigenvalue weighted by Crippen LogP contribution is 2.64. The predicted molar refractivity (Wildman–Crippen MR) is 134 cm³/mol. The fourth-order valence-corrected chi connectivity index (χ4v) is 11.2. The van der Waals surface area contributed by atoms with Crippen LogP contribution in [0.25, 0.3) is 0 Å². The molecule has 1 heterocycles. The first kappa shape index (κ1) is 25.0. The zero-order valence-corrected chi connectivity index (χ0v) is 22.5. The van der Waals surface area contributed by atoms with Gasteiger partial charge in [0, 0.05) is 30.8 Å². The maximum Gasteiger partial charge on any atom is 0.246 e. The van der Waals surface area contributed by atoms with E-state index in [9.17, 15) is 21.6 Å². The summed E-state index contributed by atoms with van der Waals surface area (Å²) in [6.45, 7) is 4.52.